The number of aliphatic hydroxyl groups excluding tert-OH is 1. The number of aliphatic hydroxyl groups is 1. The third-order valence-electron chi connectivity index (χ3n) is 2.26. The quantitative estimate of drug-likeness (QED) is 0.775. The Morgan fingerprint density at radius 3 is 2.93 bits per heavy atom. The van der Waals surface area contributed by atoms with Gasteiger partial charge in [-0.05, 0) is 23.1 Å². The number of nitrogens with zero attached hydrogens (tertiary/aromatic N) is 2. The van der Waals surface area contributed by atoms with Crippen LogP contribution in [-0.4, -0.2) is 9.67 Å². The van der Waals surface area contributed by atoms with Crippen molar-refractivity contribution in [3.8, 4) is 6.07 Å². The zero-order valence-corrected chi connectivity index (χ0v) is 7.64. The third-order valence-corrected chi connectivity index (χ3v) is 2.26. The number of hydrogen-bond acceptors (Lipinski definition) is 2. The summed E-state index contributed by atoms with van der Waals surface area (Å²) < 4.78 is 1.87. The number of aromatic nitrogens is 1. The minimum Gasteiger partial charge on any atom is -0.392 e. The highest BCUT2D eigenvalue weighted by molar-refractivity contribution is 5.80. The van der Waals surface area contributed by atoms with Crippen molar-refractivity contribution in [2.24, 2.45) is 0 Å². The Bertz CT molecular complexity index is 493. The number of fused-ring (bicyclic) bond motifs is 1. The lowest BCUT2D eigenvalue weighted by Crippen LogP contribution is -1.93. The molecule has 14 heavy (non-hydrogen) atoms. The average Bonchev–Trinajstić information content (AvgIpc) is 2.61. The molecule has 0 atom stereocenters. The number of benzene rings is 1. The smallest absolute Gasteiger partial charge is 0.110 e. The molecule has 0 bridgehead atoms. The highest BCUT2D eigenvalue weighted by Gasteiger charge is 2.00. The standard InChI is InChI=1S/C11H10N2O/c12-4-6-13-5-3-10-2-1-9(8-14)7-11(10)13/h1-3,5,7,14H,6,8H2. The van der Waals surface area contributed by atoms with Crippen LogP contribution >= 0.6 is 0 Å². The van der Waals surface area contributed by atoms with Gasteiger partial charge in [0.05, 0.1) is 12.7 Å². The summed E-state index contributed by atoms with van der Waals surface area (Å²) in [6.45, 7) is 0.381. The molecular formula is C11H10N2O. The fraction of sp³-hybridized carbons (Fsp3) is 0.182. The Morgan fingerprint density at radius 1 is 1.36 bits per heavy atom. The van der Waals surface area contributed by atoms with Gasteiger partial charge in [0.1, 0.15) is 6.54 Å². The van der Waals surface area contributed by atoms with Crippen molar-refractivity contribution in [2.75, 3.05) is 0 Å². The van der Waals surface area contributed by atoms with Gasteiger partial charge >= 0.3 is 0 Å². The fourth-order valence-corrected chi connectivity index (χ4v) is 1.54. The van der Waals surface area contributed by atoms with Crippen LogP contribution in [0.1, 0.15) is 5.56 Å². The van der Waals surface area contributed by atoms with E-state index in [0.29, 0.717) is 6.54 Å². The molecule has 1 aromatic heterocycles. The van der Waals surface area contributed by atoms with E-state index >= 15 is 0 Å². The van der Waals surface area contributed by atoms with Gasteiger partial charge in [-0.15, -0.1) is 0 Å². The molecule has 0 fully saturated rings. The van der Waals surface area contributed by atoms with E-state index in [1.54, 1.807) is 0 Å². The lowest BCUT2D eigenvalue weighted by atomic mass is 10.2. The van der Waals surface area contributed by atoms with Gasteiger partial charge in [-0.25, -0.2) is 0 Å². The second-order valence-corrected chi connectivity index (χ2v) is 3.15. The van der Waals surface area contributed by atoms with E-state index in [1.165, 1.54) is 0 Å². The summed E-state index contributed by atoms with van der Waals surface area (Å²) in [6.07, 6.45) is 1.88. The molecule has 3 nitrogen and oxygen atoms in total. The van der Waals surface area contributed by atoms with E-state index in [9.17, 15) is 0 Å². The largest absolute Gasteiger partial charge is 0.392 e. The molecule has 0 aliphatic carbocycles. The molecular weight excluding hydrogens is 176 g/mol. The number of hydrogen-bond donors (Lipinski definition) is 1. The fourth-order valence-electron chi connectivity index (χ4n) is 1.54. The van der Waals surface area contributed by atoms with Crippen molar-refractivity contribution in [1.82, 2.24) is 4.57 Å². The second-order valence-electron chi connectivity index (χ2n) is 3.15. The molecule has 0 spiro atoms. The molecule has 0 radical (unpaired) electrons. The maximum atomic E-state index is 8.98. The minimum absolute atomic E-state index is 0.0354. The van der Waals surface area contributed by atoms with Crippen LogP contribution in [0.4, 0.5) is 0 Å². The van der Waals surface area contributed by atoms with Gasteiger partial charge in [-0.1, -0.05) is 12.1 Å². The first kappa shape index (κ1) is 8.79. The van der Waals surface area contributed by atoms with Crippen LogP contribution in [0.5, 0.6) is 0 Å². The maximum absolute atomic E-state index is 8.98. The highest BCUT2D eigenvalue weighted by atomic mass is 16.3. The van der Waals surface area contributed by atoms with Crippen molar-refractivity contribution >= 4 is 10.9 Å². The summed E-state index contributed by atoms with van der Waals surface area (Å²) in [7, 11) is 0. The van der Waals surface area contributed by atoms with E-state index in [2.05, 4.69) is 6.07 Å². The van der Waals surface area contributed by atoms with Gasteiger partial charge in [0, 0.05) is 11.7 Å². The first-order valence-corrected chi connectivity index (χ1v) is 4.41. The van der Waals surface area contributed by atoms with Crippen molar-refractivity contribution in [3.63, 3.8) is 0 Å². The topological polar surface area (TPSA) is 49.0 Å². The van der Waals surface area contributed by atoms with E-state index in [0.717, 1.165) is 16.5 Å². The predicted molar refractivity (Wildman–Crippen MR) is 53.5 cm³/mol. The predicted octanol–water partition coefficient (Wildman–Crippen LogP) is 1.66. The Morgan fingerprint density at radius 2 is 2.21 bits per heavy atom. The van der Waals surface area contributed by atoms with Crippen molar-refractivity contribution < 1.29 is 5.11 Å². The molecule has 0 aliphatic heterocycles. The molecule has 0 aliphatic rings. The van der Waals surface area contributed by atoms with Crippen LogP contribution in [0.25, 0.3) is 10.9 Å². The number of rotatable bonds is 2. The Labute approximate surface area is 81.8 Å². The molecule has 1 N–H and O–H groups in total. The zero-order chi connectivity index (χ0) is 9.97. The minimum atomic E-state index is 0.0354. The van der Waals surface area contributed by atoms with Gasteiger partial charge in [0.15, 0.2) is 0 Å². The molecule has 2 aromatic rings. The molecule has 3 heteroatoms. The van der Waals surface area contributed by atoms with Crippen LogP contribution < -0.4 is 0 Å². The molecule has 0 saturated heterocycles. The normalized spacial score (nSPS) is 10.3. The van der Waals surface area contributed by atoms with Crippen LogP contribution in [0.15, 0.2) is 30.5 Å². The van der Waals surface area contributed by atoms with Crippen molar-refractivity contribution in [3.05, 3.63) is 36.0 Å². The number of nitriles is 1. The van der Waals surface area contributed by atoms with Crippen molar-refractivity contribution in [2.45, 2.75) is 13.2 Å². The third kappa shape index (κ3) is 1.36. The summed E-state index contributed by atoms with van der Waals surface area (Å²) >= 11 is 0. The molecule has 1 aromatic carbocycles. The second kappa shape index (κ2) is 3.52. The molecule has 0 amide bonds. The molecule has 2 rings (SSSR count). The van der Waals surface area contributed by atoms with Gasteiger partial charge in [0.2, 0.25) is 0 Å². The van der Waals surface area contributed by atoms with Gasteiger partial charge in [-0.3, -0.25) is 0 Å². The van der Waals surface area contributed by atoms with E-state index in [-0.39, 0.29) is 6.61 Å². The summed E-state index contributed by atoms with van der Waals surface area (Å²) in [5, 5.41) is 18.7. The van der Waals surface area contributed by atoms with Gasteiger partial charge < -0.3 is 9.67 Å². The monoisotopic (exact) mass is 186 g/mol. The Hall–Kier alpha value is -1.79. The summed E-state index contributed by atoms with van der Waals surface area (Å²) in [5.74, 6) is 0. The lowest BCUT2D eigenvalue weighted by Gasteiger charge is -2.00. The zero-order valence-electron chi connectivity index (χ0n) is 7.64. The van der Waals surface area contributed by atoms with Crippen LogP contribution in [0.3, 0.4) is 0 Å². The summed E-state index contributed by atoms with van der Waals surface area (Å²) in [4.78, 5) is 0. The highest BCUT2D eigenvalue weighted by Crippen LogP contribution is 2.17. The lowest BCUT2D eigenvalue weighted by molar-refractivity contribution is 0.282. The molecule has 0 unspecified atom stereocenters. The van der Waals surface area contributed by atoms with Gasteiger partial charge in [-0.2, -0.15) is 5.26 Å². The van der Waals surface area contributed by atoms with E-state index in [1.807, 2.05) is 35.0 Å². The first-order chi connectivity index (χ1) is 6.85. The Kier molecular flexibility index (Phi) is 2.21. The molecule has 0 saturated carbocycles. The van der Waals surface area contributed by atoms with Crippen LogP contribution in [0, 0.1) is 11.3 Å². The first-order valence-electron chi connectivity index (χ1n) is 4.41. The van der Waals surface area contributed by atoms with E-state index in [4.69, 9.17) is 10.4 Å². The summed E-state index contributed by atoms with van der Waals surface area (Å²) in [5.41, 5.74) is 1.87. The van der Waals surface area contributed by atoms with Crippen LogP contribution in [-0.2, 0) is 13.2 Å². The molecule has 70 valence electrons. The van der Waals surface area contributed by atoms with Gasteiger partial charge in [0.25, 0.3) is 0 Å². The van der Waals surface area contributed by atoms with E-state index < -0.39 is 0 Å². The van der Waals surface area contributed by atoms with Crippen molar-refractivity contribution in [1.29, 1.82) is 5.26 Å². The van der Waals surface area contributed by atoms with Crippen LogP contribution in [0.2, 0.25) is 0 Å². The molecule has 1 heterocycles. The Balaban J connectivity index is 2.59. The SMILES string of the molecule is N#CCn1ccc2ccc(CO)cc21. The average molecular weight is 186 g/mol. The maximum Gasteiger partial charge on any atom is 0.110 e. The summed E-state index contributed by atoms with van der Waals surface area (Å²) in [6, 6.07) is 9.82.